The molecule has 0 saturated heterocycles. The van der Waals surface area contributed by atoms with Gasteiger partial charge in [0.15, 0.2) is 11.5 Å². The van der Waals surface area contributed by atoms with Gasteiger partial charge in [-0.2, -0.15) is 13.2 Å². The smallest absolute Gasteiger partial charge is 0.411 e. The van der Waals surface area contributed by atoms with Gasteiger partial charge in [0.05, 0.1) is 13.7 Å². The number of halogens is 4. The lowest BCUT2D eigenvalue weighted by molar-refractivity contribution is -0.175. The quantitative estimate of drug-likeness (QED) is 0.745. The van der Waals surface area contributed by atoms with E-state index in [-0.39, 0.29) is 13.2 Å². The fourth-order valence-corrected chi connectivity index (χ4v) is 1.88. The zero-order valence-electron chi connectivity index (χ0n) is 11.7. The minimum atomic E-state index is -4.34. The molecule has 1 N–H and O–H groups in total. The van der Waals surface area contributed by atoms with Crippen molar-refractivity contribution < 1.29 is 27.4 Å². The average molecular weight is 328 g/mol. The van der Waals surface area contributed by atoms with Gasteiger partial charge in [0.2, 0.25) is 0 Å². The number of nitrogens with one attached hydrogen (secondary N) is 1. The van der Waals surface area contributed by atoms with Crippen LogP contribution in [0.5, 0.6) is 11.5 Å². The van der Waals surface area contributed by atoms with Gasteiger partial charge in [-0.05, 0) is 13.1 Å². The Morgan fingerprint density at radius 3 is 2.52 bits per heavy atom. The first-order valence-electron chi connectivity index (χ1n) is 6.15. The largest absolute Gasteiger partial charge is 0.493 e. The van der Waals surface area contributed by atoms with Crippen molar-refractivity contribution in [1.82, 2.24) is 5.32 Å². The van der Waals surface area contributed by atoms with Crippen LogP contribution in [0.3, 0.4) is 0 Å². The van der Waals surface area contributed by atoms with Crippen molar-refractivity contribution in [3.8, 4) is 11.5 Å². The molecule has 1 aromatic rings. The maximum Gasteiger partial charge on any atom is 0.411 e. The van der Waals surface area contributed by atoms with Gasteiger partial charge in [0.25, 0.3) is 0 Å². The lowest BCUT2D eigenvalue weighted by Gasteiger charge is -2.16. The molecule has 4 nitrogen and oxygen atoms in total. The van der Waals surface area contributed by atoms with Gasteiger partial charge >= 0.3 is 6.18 Å². The summed E-state index contributed by atoms with van der Waals surface area (Å²) in [5.74, 6) is 0.857. The van der Waals surface area contributed by atoms with Crippen LogP contribution in [-0.2, 0) is 11.3 Å². The van der Waals surface area contributed by atoms with E-state index in [2.05, 4.69) is 10.1 Å². The second kappa shape index (κ2) is 8.31. The first-order valence-corrected chi connectivity index (χ1v) is 6.53. The Kier molecular flexibility index (Phi) is 7.07. The SMILES string of the molecule is CNCc1cc(Cl)cc(OC)c1OCCOCC(F)(F)F. The van der Waals surface area contributed by atoms with E-state index in [1.54, 1.807) is 19.2 Å². The van der Waals surface area contributed by atoms with Crippen LogP contribution >= 0.6 is 11.6 Å². The molecule has 0 aromatic heterocycles. The van der Waals surface area contributed by atoms with E-state index in [4.69, 9.17) is 21.1 Å². The molecule has 0 aliphatic rings. The van der Waals surface area contributed by atoms with Crippen LogP contribution in [0.15, 0.2) is 12.1 Å². The predicted octanol–water partition coefficient (Wildman–Crippen LogP) is 3.03. The van der Waals surface area contributed by atoms with Crippen molar-refractivity contribution in [2.75, 3.05) is 34.0 Å². The Hall–Kier alpha value is -1.18. The third-order valence-electron chi connectivity index (χ3n) is 2.42. The Bertz CT molecular complexity index is 455. The van der Waals surface area contributed by atoms with E-state index in [1.165, 1.54) is 7.11 Å². The van der Waals surface area contributed by atoms with Crippen molar-refractivity contribution >= 4 is 11.6 Å². The summed E-state index contributed by atoms with van der Waals surface area (Å²) in [6.45, 7) is -1.01. The van der Waals surface area contributed by atoms with Crippen LogP contribution in [0.4, 0.5) is 13.2 Å². The summed E-state index contributed by atoms with van der Waals surface area (Å²) in [7, 11) is 3.21. The third-order valence-corrected chi connectivity index (χ3v) is 2.64. The van der Waals surface area contributed by atoms with E-state index in [0.29, 0.717) is 23.1 Å². The summed E-state index contributed by atoms with van der Waals surface area (Å²) in [5.41, 5.74) is 0.748. The highest BCUT2D eigenvalue weighted by atomic mass is 35.5. The maximum atomic E-state index is 11.9. The van der Waals surface area contributed by atoms with E-state index in [1.807, 2.05) is 0 Å². The van der Waals surface area contributed by atoms with Gasteiger partial charge in [-0.1, -0.05) is 11.6 Å². The highest BCUT2D eigenvalue weighted by molar-refractivity contribution is 6.30. The second-order valence-corrected chi connectivity index (χ2v) is 4.58. The molecule has 0 aliphatic carbocycles. The minimum Gasteiger partial charge on any atom is -0.493 e. The second-order valence-electron chi connectivity index (χ2n) is 4.14. The zero-order valence-corrected chi connectivity index (χ0v) is 12.5. The molecule has 0 fully saturated rings. The van der Waals surface area contributed by atoms with Crippen LogP contribution in [0, 0.1) is 0 Å². The van der Waals surface area contributed by atoms with Crippen molar-refractivity contribution in [3.05, 3.63) is 22.7 Å². The molecule has 0 amide bonds. The lowest BCUT2D eigenvalue weighted by atomic mass is 10.2. The number of ether oxygens (including phenoxy) is 3. The van der Waals surface area contributed by atoms with Crippen molar-refractivity contribution in [1.29, 1.82) is 0 Å². The Labute approximate surface area is 126 Å². The predicted molar refractivity (Wildman–Crippen MR) is 73.1 cm³/mol. The molecular weight excluding hydrogens is 311 g/mol. The van der Waals surface area contributed by atoms with Crippen LogP contribution in [-0.4, -0.2) is 40.2 Å². The standard InChI is InChI=1S/C13H17ClF3NO3/c1-18-7-9-5-10(14)6-11(19-2)12(9)21-4-3-20-8-13(15,16)17/h5-6,18H,3-4,7-8H2,1-2H3. The fraction of sp³-hybridized carbons (Fsp3) is 0.538. The number of methoxy groups -OCH3 is 1. The third kappa shape index (κ3) is 6.41. The van der Waals surface area contributed by atoms with Gasteiger partial charge < -0.3 is 19.5 Å². The van der Waals surface area contributed by atoms with Crippen LogP contribution in [0.2, 0.25) is 5.02 Å². The monoisotopic (exact) mass is 327 g/mol. The maximum absolute atomic E-state index is 11.9. The van der Waals surface area contributed by atoms with E-state index < -0.39 is 12.8 Å². The molecule has 8 heteroatoms. The first-order chi connectivity index (χ1) is 9.87. The summed E-state index contributed by atoms with van der Waals surface area (Å²) in [6.07, 6.45) is -4.34. The van der Waals surface area contributed by atoms with Crippen molar-refractivity contribution in [2.45, 2.75) is 12.7 Å². The number of hydrogen-bond acceptors (Lipinski definition) is 4. The molecule has 1 aromatic carbocycles. The van der Waals surface area contributed by atoms with Gasteiger partial charge in [0.1, 0.15) is 13.2 Å². The van der Waals surface area contributed by atoms with Gasteiger partial charge in [-0.25, -0.2) is 0 Å². The summed E-state index contributed by atoms with van der Waals surface area (Å²) in [5, 5.41) is 3.43. The van der Waals surface area contributed by atoms with E-state index in [0.717, 1.165) is 5.56 Å². The fourth-order valence-electron chi connectivity index (χ4n) is 1.65. The molecule has 21 heavy (non-hydrogen) atoms. The number of rotatable bonds is 8. The Morgan fingerprint density at radius 2 is 1.95 bits per heavy atom. The van der Waals surface area contributed by atoms with E-state index in [9.17, 15) is 13.2 Å². The molecule has 0 bridgehead atoms. The van der Waals surface area contributed by atoms with Gasteiger partial charge in [0, 0.05) is 23.2 Å². The number of hydrogen-bond donors (Lipinski definition) is 1. The molecular formula is C13H17ClF3NO3. The zero-order chi connectivity index (χ0) is 15.9. The Balaban J connectivity index is 2.64. The molecule has 0 atom stereocenters. The molecule has 120 valence electrons. The topological polar surface area (TPSA) is 39.7 Å². The lowest BCUT2D eigenvalue weighted by Crippen LogP contribution is -2.20. The molecule has 1 rings (SSSR count). The molecule has 0 spiro atoms. The number of alkyl halides is 3. The normalized spacial score (nSPS) is 11.5. The highest BCUT2D eigenvalue weighted by Gasteiger charge is 2.27. The molecule has 0 aliphatic heterocycles. The van der Waals surface area contributed by atoms with E-state index >= 15 is 0 Å². The molecule has 0 radical (unpaired) electrons. The summed E-state index contributed by atoms with van der Waals surface area (Å²) in [4.78, 5) is 0. The number of benzene rings is 1. The first kappa shape index (κ1) is 17.9. The summed E-state index contributed by atoms with van der Waals surface area (Å²) < 4.78 is 50.9. The molecule has 0 unspecified atom stereocenters. The van der Waals surface area contributed by atoms with Gasteiger partial charge in [-0.15, -0.1) is 0 Å². The summed E-state index contributed by atoms with van der Waals surface area (Å²) in [6, 6.07) is 3.28. The average Bonchev–Trinajstić information content (AvgIpc) is 2.39. The van der Waals surface area contributed by atoms with Crippen molar-refractivity contribution in [3.63, 3.8) is 0 Å². The molecule has 0 heterocycles. The summed E-state index contributed by atoms with van der Waals surface area (Å²) >= 11 is 5.96. The van der Waals surface area contributed by atoms with Crippen LogP contribution in [0.25, 0.3) is 0 Å². The van der Waals surface area contributed by atoms with Crippen molar-refractivity contribution in [2.24, 2.45) is 0 Å². The van der Waals surface area contributed by atoms with Crippen LogP contribution < -0.4 is 14.8 Å². The van der Waals surface area contributed by atoms with Gasteiger partial charge in [-0.3, -0.25) is 0 Å². The molecule has 0 saturated carbocycles. The minimum absolute atomic E-state index is 0.0230. The van der Waals surface area contributed by atoms with Crippen LogP contribution in [0.1, 0.15) is 5.56 Å². The Morgan fingerprint density at radius 1 is 1.24 bits per heavy atom. The highest BCUT2D eigenvalue weighted by Crippen LogP contribution is 2.34.